The molecule has 0 amide bonds. The Balaban J connectivity index is 2.83. The molecule has 0 saturated heterocycles. The summed E-state index contributed by atoms with van der Waals surface area (Å²) in [6.07, 6.45) is 1.88. The van der Waals surface area contributed by atoms with Gasteiger partial charge in [-0.05, 0) is 6.42 Å². The van der Waals surface area contributed by atoms with Gasteiger partial charge in [-0.25, -0.2) is 4.98 Å². The highest BCUT2D eigenvalue weighted by Crippen LogP contribution is 2.24. The van der Waals surface area contributed by atoms with E-state index in [1.165, 1.54) is 6.92 Å². The molecule has 6 heteroatoms. The van der Waals surface area contributed by atoms with Crippen LogP contribution in [-0.4, -0.2) is 20.7 Å². The minimum atomic E-state index is -1.11. The summed E-state index contributed by atoms with van der Waals surface area (Å²) in [4.78, 5) is 15.5. The average Bonchev–Trinajstić information content (AvgIpc) is 2.56. The summed E-state index contributed by atoms with van der Waals surface area (Å²) in [5.74, 6) is 0.664. The van der Waals surface area contributed by atoms with Crippen molar-refractivity contribution in [1.82, 2.24) is 4.98 Å². The molecule has 0 bridgehead atoms. The van der Waals surface area contributed by atoms with Crippen molar-refractivity contribution in [2.75, 3.05) is 11.5 Å². The van der Waals surface area contributed by atoms with Gasteiger partial charge < -0.3 is 5.73 Å². The Kier molecular flexibility index (Phi) is 4.41. The fourth-order valence-electron chi connectivity index (χ4n) is 1.02. The van der Waals surface area contributed by atoms with Gasteiger partial charge in [0.05, 0.1) is 10.8 Å². The van der Waals surface area contributed by atoms with Crippen molar-refractivity contribution < 1.29 is 9.00 Å². The summed E-state index contributed by atoms with van der Waals surface area (Å²) >= 11 is 1.14. The van der Waals surface area contributed by atoms with Gasteiger partial charge in [-0.2, -0.15) is 0 Å². The molecule has 0 aliphatic carbocycles. The van der Waals surface area contributed by atoms with Crippen molar-refractivity contribution in [3.8, 4) is 0 Å². The van der Waals surface area contributed by atoms with E-state index >= 15 is 0 Å². The Hall–Kier alpha value is -0.750. The van der Waals surface area contributed by atoms with Gasteiger partial charge >= 0.3 is 0 Å². The predicted molar refractivity (Wildman–Crippen MR) is 62.7 cm³/mol. The number of carbonyl (C=O) groups excluding carboxylic acids is 1. The second-order valence-electron chi connectivity index (χ2n) is 3.15. The molecule has 1 rings (SSSR count). The molecule has 4 nitrogen and oxygen atoms in total. The zero-order valence-electron chi connectivity index (χ0n) is 8.78. The number of thiazole rings is 1. The van der Waals surface area contributed by atoms with E-state index in [4.69, 9.17) is 5.73 Å². The van der Waals surface area contributed by atoms with Crippen molar-refractivity contribution in [3.05, 3.63) is 4.88 Å². The molecule has 0 aliphatic heterocycles. The number of anilines is 1. The largest absolute Gasteiger partial charge is 0.382 e. The molecule has 1 unspecified atom stereocenters. The van der Waals surface area contributed by atoms with Gasteiger partial charge in [-0.1, -0.05) is 24.7 Å². The lowest BCUT2D eigenvalue weighted by atomic mass is 10.4. The van der Waals surface area contributed by atoms with E-state index in [9.17, 15) is 9.00 Å². The molecule has 0 saturated carbocycles. The number of nitrogen functional groups attached to an aromatic ring is 1. The summed E-state index contributed by atoms with van der Waals surface area (Å²) in [7, 11) is -1.11. The quantitative estimate of drug-likeness (QED) is 0.804. The number of carbonyl (C=O) groups is 1. The van der Waals surface area contributed by atoms with Crippen LogP contribution in [0.1, 0.15) is 36.4 Å². The number of rotatable bonds is 5. The van der Waals surface area contributed by atoms with Gasteiger partial charge in [0.25, 0.3) is 0 Å². The summed E-state index contributed by atoms with van der Waals surface area (Å²) < 4.78 is 12.1. The first-order valence-corrected chi connectivity index (χ1v) is 6.85. The van der Waals surface area contributed by atoms with Crippen molar-refractivity contribution in [2.24, 2.45) is 0 Å². The molecule has 0 aliphatic rings. The van der Waals surface area contributed by atoms with E-state index in [0.29, 0.717) is 15.0 Å². The summed E-state index contributed by atoms with van der Waals surface area (Å²) in [5, 5.41) is 0. The first-order valence-electron chi connectivity index (χ1n) is 4.71. The summed E-state index contributed by atoms with van der Waals surface area (Å²) in [6.45, 7) is 3.47. The van der Waals surface area contributed by atoms with Crippen LogP contribution in [0, 0.1) is 0 Å². The van der Waals surface area contributed by atoms with E-state index in [1.54, 1.807) is 0 Å². The zero-order chi connectivity index (χ0) is 11.4. The first-order chi connectivity index (χ1) is 7.06. The van der Waals surface area contributed by atoms with Crippen LogP contribution in [0.2, 0.25) is 0 Å². The minimum Gasteiger partial charge on any atom is -0.382 e. The Bertz CT molecular complexity index is 387. The molecular weight excluding hydrogens is 232 g/mol. The third kappa shape index (κ3) is 3.10. The Morgan fingerprint density at radius 3 is 2.73 bits per heavy atom. The highest BCUT2D eigenvalue weighted by molar-refractivity contribution is 7.87. The standard InChI is InChI=1S/C9H14N2O2S2/c1-3-4-5-15(13)9-11-8(10)7(14-9)6(2)12/h3-5,10H2,1-2H3. The fourth-order valence-corrected chi connectivity index (χ4v) is 3.43. The smallest absolute Gasteiger partial charge is 0.183 e. The van der Waals surface area contributed by atoms with Crippen molar-refractivity contribution in [3.63, 3.8) is 0 Å². The lowest BCUT2D eigenvalue weighted by molar-refractivity contribution is 0.102. The minimum absolute atomic E-state index is 0.122. The molecule has 2 N–H and O–H groups in total. The number of unbranched alkanes of at least 4 members (excludes halogenated alkanes) is 1. The Labute approximate surface area is 95.4 Å². The molecule has 1 aromatic rings. The topological polar surface area (TPSA) is 73.1 Å². The number of nitrogens with two attached hydrogens (primary N) is 1. The number of hydrogen-bond acceptors (Lipinski definition) is 5. The molecule has 15 heavy (non-hydrogen) atoms. The van der Waals surface area contributed by atoms with Gasteiger partial charge in [-0.3, -0.25) is 9.00 Å². The van der Waals surface area contributed by atoms with E-state index in [0.717, 1.165) is 24.2 Å². The highest BCUT2D eigenvalue weighted by atomic mass is 32.2. The van der Waals surface area contributed by atoms with Gasteiger partial charge in [0.1, 0.15) is 10.7 Å². The molecule has 0 spiro atoms. The van der Waals surface area contributed by atoms with E-state index in [1.807, 2.05) is 6.92 Å². The van der Waals surface area contributed by atoms with Crippen LogP contribution in [0.25, 0.3) is 0 Å². The Morgan fingerprint density at radius 1 is 1.60 bits per heavy atom. The predicted octanol–water partition coefficient (Wildman–Crippen LogP) is 1.84. The summed E-state index contributed by atoms with van der Waals surface area (Å²) in [6, 6.07) is 0. The third-order valence-electron chi connectivity index (χ3n) is 1.83. The number of hydrogen-bond donors (Lipinski definition) is 1. The number of aromatic nitrogens is 1. The van der Waals surface area contributed by atoms with E-state index in [2.05, 4.69) is 4.98 Å². The summed E-state index contributed by atoms with van der Waals surface area (Å²) in [5.41, 5.74) is 5.55. The van der Waals surface area contributed by atoms with Crippen molar-refractivity contribution in [2.45, 2.75) is 31.0 Å². The first kappa shape index (κ1) is 12.3. The highest BCUT2D eigenvalue weighted by Gasteiger charge is 2.15. The molecule has 0 fully saturated rings. The number of ketones is 1. The van der Waals surface area contributed by atoms with Crippen molar-refractivity contribution in [1.29, 1.82) is 0 Å². The molecule has 1 heterocycles. The second kappa shape index (κ2) is 5.37. The molecular formula is C9H14N2O2S2. The molecule has 1 aromatic heterocycles. The molecule has 0 aromatic carbocycles. The third-order valence-corrected chi connectivity index (χ3v) is 4.75. The fraction of sp³-hybridized carbons (Fsp3) is 0.556. The van der Waals surface area contributed by atoms with Crippen LogP contribution in [0.4, 0.5) is 5.82 Å². The maximum Gasteiger partial charge on any atom is 0.183 e. The van der Waals surface area contributed by atoms with Crippen LogP contribution >= 0.6 is 11.3 Å². The van der Waals surface area contributed by atoms with Gasteiger partial charge in [-0.15, -0.1) is 0 Å². The normalized spacial score (nSPS) is 12.7. The number of nitrogens with zero attached hydrogens (tertiary/aromatic N) is 1. The Morgan fingerprint density at radius 2 is 2.27 bits per heavy atom. The van der Waals surface area contributed by atoms with Crippen molar-refractivity contribution >= 4 is 33.7 Å². The number of Topliss-reactive ketones (excluding diaryl/α,β-unsaturated/α-hetero) is 1. The van der Waals surface area contributed by atoms with E-state index < -0.39 is 10.8 Å². The SMILES string of the molecule is CCCCS(=O)c1nc(N)c(C(C)=O)s1. The lowest BCUT2D eigenvalue weighted by Crippen LogP contribution is -1.97. The maximum absolute atomic E-state index is 11.7. The van der Waals surface area contributed by atoms with Crippen LogP contribution in [0.5, 0.6) is 0 Å². The molecule has 0 radical (unpaired) electrons. The molecule has 1 atom stereocenters. The van der Waals surface area contributed by atoms with Crippen LogP contribution < -0.4 is 5.73 Å². The monoisotopic (exact) mass is 246 g/mol. The average molecular weight is 246 g/mol. The maximum atomic E-state index is 11.7. The van der Waals surface area contributed by atoms with Gasteiger partial charge in [0.2, 0.25) is 0 Å². The van der Waals surface area contributed by atoms with Gasteiger partial charge in [0.15, 0.2) is 10.1 Å². The van der Waals surface area contributed by atoms with Gasteiger partial charge in [0, 0.05) is 12.7 Å². The lowest BCUT2D eigenvalue weighted by Gasteiger charge is -1.94. The van der Waals surface area contributed by atoms with Crippen LogP contribution in [0.15, 0.2) is 4.34 Å². The molecule has 84 valence electrons. The second-order valence-corrected chi connectivity index (χ2v) is 5.90. The van der Waals surface area contributed by atoms with Crippen LogP contribution in [-0.2, 0) is 10.8 Å². The van der Waals surface area contributed by atoms with E-state index in [-0.39, 0.29) is 11.6 Å². The van der Waals surface area contributed by atoms with Crippen LogP contribution in [0.3, 0.4) is 0 Å². The zero-order valence-corrected chi connectivity index (χ0v) is 10.4.